The molecule has 0 fully saturated rings. The number of hydrogen-bond acceptors (Lipinski definition) is 6. The SMILES string of the molecule is CCCNc1cc(COC)nc(Cc2csc(C)n2)n1. The molecule has 5 nitrogen and oxygen atoms in total. The Labute approximate surface area is 123 Å². The van der Waals surface area contributed by atoms with Crippen molar-refractivity contribution in [1.82, 2.24) is 15.0 Å². The van der Waals surface area contributed by atoms with E-state index in [1.54, 1.807) is 18.4 Å². The number of nitrogens with one attached hydrogen (secondary N) is 1. The van der Waals surface area contributed by atoms with Crippen molar-refractivity contribution < 1.29 is 4.74 Å². The maximum atomic E-state index is 5.17. The molecule has 2 aromatic heterocycles. The number of thiazole rings is 1. The molecule has 0 atom stereocenters. The van der Waals surface area contributed by atoms with Crippen LogP contribution >= 0.6 is 11.3 Å². The number of ether oxygens (including phenoxy) is 1. The van der Waals surface area contributed by atoms with E-state index in [4.69, 9.17) is 4.74 Å². The highest BCUT2D eigenvalue weighted by Gasteiger charge is 2.07. The van der Waals surface area contributed by atoms with Crippen molar-refractivity contribution >= 4 is 17.2 Å². The van der Waals surface area contributed by atoms with E-state index < -0.39 is 0 Å². The highest BCUT2D eigenvalue weighted by atomic mass is 32.1. The molecule has 2 aromatic rings. The van der Waals surface area contributed by atoms with Gasteiger partial charge in [-0.3, -0.25) is 0 Å². The second-order valence-electron chi connectivity index (χ2n) is 4.56. The Morgan fingerprint density at radius 1 is 1.25 bits per heavy atom. The molecular formula is C14H20N4OS. The van der Waals surface area contributed by atoms with Crippen molar-refractivity contribution in [2.75, 3.05) is 19.0 Å². The van der Waals surface area contributed by atoms with Crippen molar-refractivity contribution in [2.24, 2.45) is 0 Å². The number of nitrogens with zero attached hydrogens (tertiary/aromatic N) is 3. The number of aryl methyl sites for hydroxylation is 1. The van der Waals surface area contributed by atoms with Crippen LogP contribution in [0.1, 0.15) is 35.6 Å². The van der Waals surface area contributed by atoms with Gasteiger partial charge in [0.25, 0.3) is 0 Å². The fraction of sp³-hybridized carbons (Fsp3) is 0.500. The quantitative estimate of drug-likeness (QED) is 0.850. The zero-order valence-corrected chi connectivity index (χ0v) is 13.0. The molecule has 0 aliphatic rings. The van der Waals surface area contributed by atoms with Crippen LogP contribution in [0.25, 0.3) is 0 Å². The lowest BCUT2D eigenvalue weighted by Crippen LogP contribution is -2.08. The zero-order chi connectivity index (χ0) is 14.4. The van der Waals surface area contributed by atoms with Gasteiger partial charge in [0.1, 0.15) is 11.6 Å². The molecule has 0 aliphatic carbocycles. The fourth-order valence-corrected chi connectivity index (χ4v) is 2.46. The Morgan fingerprint density at radius 2 is 2.10 bits per heavy atom. The smallest absolute Gasteiger partial charge is 0.137 e. The summed E-state index contributed by atoms with van der Waals surface area (Å²) in [5.41, 5.74) is 1.91. The first-order valence-corrected chi connectivity index (χ1v) is 7.60. The van der Waals surface area contributed by atoms with Crippen LogP contribution in [-0.2, 0) is 17.8 Å². The molecule has 2 heterocycles. The molecule has 0 saturated heterocycles. The van der Waals surface area contributed by atoms with Gasteiger partial charge in [0.15, 0.2) is 0 Å². The monoisotopic (exact) mass is 292 g/mol. The van der Waals surface area contributed by atoms with Crippen molar-refractivity contribution in [3.8, 4) is 0 Å². The lowest BCUT2D eigenvalue weighted by Gasteiger charge is -2.08. The van der Waals surface area contributed by atoms with Gasteiger partial charge in [0.05, 0.1) is 29.4 Å². The molecule has 0 unspecified atom stereocenters. The standard InChI is InChI=1S/C14H20N4OS/c1-4-5-15-13-6-11(8-19-3)17-14(18-13)7-12-9-20-10(2)16-12/h6,9H,4-5,7-8H2,1-3H3,(H,15,17,18). The highest BCUT2D eigenvalue weighted by Crippen LogP contribution is 2.14. The molecule has 0 amide bonds. The maximum Gasteiger partial charge on any atom is 0.137 e. The van der Waals surface area contributed by atoms with Crippen molar-refractivity contribution in [2.45, 2.75) is 33.3 Å². The van der Waals surface area contributed by atoms with Crippen molar-refractivity contribution in [3.05, 3.63) is 33.7 Å². The van der Waals surface area contributed by atoms with E-state index in [1.165, 1.54) is 0 Å². The van der Waals surface area contributed by atoms with E-state index in [0.717, 1.165) is 41.0 Å². The fourth-order valence-electron chi connectivity index (χ4n) is 1.85. The second kappa shape index (κ2) is 7.31. The molecule has 20 heavy (non-hydrogen) atoms. The topological polar surface area (TPSA) is 59.9 Å². The Hall–Kier alpha value is -1.53. The minimum absolute atomic E-state index is 0.492. The molecule has 0 aromatic carbocycles. The number of aromatic nitrogens is 3. The average Bonchev–Trinajstić information content (AvgIpc) is 2.82. The summed E-state index contributed by atoms with van der Waals surface area (Å²) >= 11 is 1.65. The molecular weight excluding hydrogens is 272 g/mol. The maximum absolute atomic E-state index is 5.17. The molecule has 0 saturated carbocycles. The largest absolute Gasteiger partial charge is 0.378 e. The molecule has 1 N–H and O–H groups in total. The zero-order valence-electron chi connectivity index (χ0n) is 12.1. The molecule has 0 spiro atoms. The first-order chi connectivity index (χ1) is 9.71. The van der Waals surface area contributed by atoms with Crippen LogP contribution in [0.3, 0.4) is 0 Å². The van der Waals surface area contributed by atoms with Crippen LogP contribution in [-0.4, -0.2) is 28.6 Å². The normalized spacial score (nSPS) is 10.8. The van der Waals surface area contributed by atoms with Gasteiger partial charge >= 0.3 is 0 Å². The summed E-state index contributed by atoms with van der Waals surface area (Å²) in [6.07, 6.45) is 1.72. The molecule has 108 valence electrons. The lowest BCUT2D eigenvalue weighted by atomic mass is 10.3. The van der Waals surface area contributed by atoms with Gasteiger partial charge in [0.2, 0.25) is 0 Å². The molecule has 6 heteroatoms. The first-order valence-electron chi connectivity index (χ1n) is 6.72. The summed E-state index contributed by atoms with van der Waals surface area (Å²) in [7, 11) is 1.67. The summed E-state index contributed by atoms with van der Waals surface area (Å²) < 4.78 is 5.17. The Morgan fingerprint density at radius 3 is 2.75 bits per heavy atom. The third-order valence-electron chi connectivity index (χ3n) is 2.68. The Balaban J connectivity index is 2.18. The summed E-state index contributed by atoms with van der Waals surface area (Å²) in [6, 6.07) is 1.94. The Bertz CT molecular complexity index is 556. The van der Waals surface area contributed by atoms with Crippen molar-refractivity contribution in [3.63, 3.8) is 0 Å². The van der Waals surface area contributed by atoms with E-state index >= 15 is 0 Å². The van der Waals surface area contributed by atoms with Crippen LogP contribution in [0.2, 0.25) is 0 Å². The van der Waals surface area contributed by atoms with Gasteiger partial charge in [-0.25, -0.2) is 15.0 Å². The highest BCUT2D eigenvalue weighted by molar-refractivity contribution is 7.09. The Kier molecular flexibility index (Phi) is 5.43. The van der Waals surface area contributed by atoms with E-state index in [9.17, 15) is 0 Å². The number of anilines is 1. The first kappa shape index (κ1) is 14.9. The number of methoxy groups -OCH3 is 1. The van der Waals surface area contributed by atoms with Crippen molar-refractivity contribution in [1.29, 1.82) is 0 Å². The summed E-state index contributed by atoms with van der Waals surface area (Å²) in [6.45, 7) is 5.53. The van der Waals surface area contributed by atoms with Gasteiger partial charge in [-0.2, -0.15) is 0 Å². The third-order valence-corrected chi connectivity index (χ3v) is 3.50. The summed E-state index contributed by atoms with van der Waals surface area (Å²) in [5.74, 6) is 1.64. The minimum Gasteiger partial charge on any atom is -0.378 e. The molecule has 0 bridgehead atoms. The minimum atomic E-state index is 0.492. The predicted octanol–water partition coefficient (Wildman–Crippen LogP) is 2.80. The summed E-state index contributed by atoms with van der Waals surface area (Å²) in [5, 5.41) is 6.42. The van der Waals surface area contributed by atoms with Gasteiger partial charge < -0.3 is 10.1 Å². The van der Waals surface area contributed by atoms with E-state index in [0.29, 0.717) is 13.0 Å². The molecule has 0 radical (unpaired) electrons. The van der Waals surface area contributed by atoms with Crippen LogP contribution in [0.15, 0.2) is 11.4 Å². The number of hydrogen-bond donors (Lipinski definition) is 1. The third kappa shape index (κ3) is 4.25. The van der Waals surface area contributed by atoms with Crippen LogP contribution in [0.5, 0.6) is 0 Å². The number of rotatable bonds is 7. The second-order valence-corrected chi connectivity index (χ2v) is 5.62. The van der Waals surface area contributed by atoms with Gasteiger partial charge in [0, 0.05) is 25.1 Å². The molecule has 0 aliphatic heterocycles. The lowest BCUT2D eigenvalue weighted by molar-refractivity contribution is 0.181. The van der Waals surface area contributed by atoms with Crippen LogP contribution in [0, 0.1) is 6.92 Å². The van der Waals surface area contributed by atoms with Crippen LogP contribution < -0.4 is 5.32 Å². The average molecular weight is 292 g/mol. The molecule has 2 rings (SSSR count). The van der Waals surface area contributed by atoms with Gasteiger partial charge in [-0.1, -0.05) is 6.92 Å². The van der Waals surface area contributed by atoms with E-state index in [1.807, 2.05) is 13.0 Å². The van der Waals surface area contributed by atoms with Gasteiger partial charge in [-0.15, -0.1) is 11.3 Å². The van der Waals surface area contributed by atoms with E-state index in [2.05, 4.69) is 32.6 Å². The predicted molar refractivity (Wildman–Crippen MR) is 81.2 cm³/mol. The van der Waals surface area contributed by atoms with Crippen LogP contribution in [0.4, 0.5) is 5.82 Å². The van der Waals surface area contributed by atoms with Gasteiger partial charge in [-0.05, 0) is 13.3 Å². The summed E-state index contributed by atoms with van der Waals surface area (Å²) in [4.78, 5) is 13.5. The van der Waals surface area contributed by atoms with E-state index in [-0.39, 0.29) is 0 Å².